The van der Waals surface area contributed by atoms with Crippen LogP contribution in [0.4, 0.5) is 5.69 Å². The molecule has 0 atom stereocenters. The lowest BCUT2D eigenvalue weighted by Crippen LogP contribution is -1.89. The maximum Gasteiger partial charge on any atom is 0.156 e. The molecule has 0 amide bonds. The highest BCUT2D eigenvalue weighted by Crippen LogP contribution is 2.15. The number of pyridine rings is 1. The summed E-state index contributed by atoms with van der Waals surface area (Å²) < 4.78 is 7.73. The minimum absolute atomic E-state index is 0.398. The average molecular weight is 255 g/mol. The van der Waals surface area contributed by atoms with Crippen LogP contribution in [0.5, 0.6) is 0 Å². The van der Waals surface area contributed by atoms with Gasteiger partial charge in [-0.1, -0.05) is 11.6 Å². The van der Waals surface area contributed by atoms with Crippen molar-refractivity contribution in [2.75, 3.05) is 5.73 Å². The Bertz CT molecular complexity index is 243. The van der Waals surface area contributed by atoms with Crippen LogP contribution in [-0.2, 0) is 0 Å². The second kappa shape index (κ2) is 2.70. The van der Waals surface area contributed by atoms with E-state index in [1.54, 1.807) is 12.3 Å². The van der Waals surface area contributed by atoms with Crippen molar-refractivity contribution in [3.63, 3.8) is 0 Å². The van der Waals surface area contributed by atoms with E-state index in [1.165, 1.54) is 0 Å². The van der Waals surface area contributed by atoms with Crippen LogP contribution in [0.3, 0.4) is 0 Å². The van der Waals surface area contributed by atoms with Gasteiger partial charge in [-0.15, -0.1) is 0 Å². The minimum atomic E-state index is 0.398. The van der Waals surface area contributed by atoms with Gasteiger partial charge in [0.2, 0.25) is 0 Å². The third kappa shape index (κ3) is 1.69. The molecule has 0 radical (unpaired) electrons. The third-order valence-corrected chi connectivity index (χ3v) is 1.89. The zero-order chi connectivity index (χ0) is 7.56. The van der Waals surface area contributed by atoms with E-state index in [4.69, 9.17) is 13.0 Å². The predicted octanol–water partition coefficient (Wildman–Crippen LogP) is 1.92. The molecule has 0 aliphatic heterocycles. The Morgan fingerprint density at radius 1 is 1.89 bits per heavy atom. The largest absolute Gasteiger partial charge is 0.398 e. The van der Waals surface area contributed by atoms with Crippen LogP contribution < -0.4 is 5.73 Å². The summed E-state index contributed by atoms with van der Waals surface area (Å²) in [5, 5.41) is 0.398. The summed E-state index contributed by atoms with van der Waals surface area (Å²) in [4.78, 5) is 3.82. The Hall–Kier alpha value is -0.0300. The number of rotatable bonds is 1. The number of hydrogen-bond acceptors (Lipinski definition) is 2. The summed E-state index contributed by atoms with van der Waals surface area (Å²) >= 11 is 7.63. The molecule has 1 aromatic rings. The van der Waals surface area contributed by atoms with Gasteiger partial charge in [0, 0.05) is 11.9 Å². The zero-order valence-corrected chi connectivity index (χ0v) is 7.27. The first-order valence-corrected chi connectivity index (χ1v) is 3.68. The molecular formula is C5H4ClIN2. The predicted molar refractivity (Wildman–Crippen MR) is 46.4 cm³/mol. The number of hydrogen-bond donors (Lipinski definition) is 1. The quantitative estimate of drug-likeness (QED) is 0.615. The Morgan fingerprint density at radius 3 is 3.22 bits per heavy atom. The van der Waals surface area contributed by atoms with Crippen molar-refractivity contribution in [3.05, 3.63) is 21.0 Å². The second-order valence-electron chi connectivity index (χ2n) is 1.49. The molecule has 2 N–H and O–H groups in total. The van der Waals surface area contributed by atoms with Crippen LogP contribution in [0.1, 0.15) is 0 Å². The normalized spacial score (nSPS) is 10.7. The van der Waals surface area contributed by atoms with E-state index in [0.29, 0.717) is 10.8 Å². The molecule has 0 spiro atoms. The fraction of sp³-hybridized carbons (Fsp3) is 0. The van der Waals surface area contributed by atoms with Gasteiger partial charge >= 0.3 is 0 Å². The minimum Gasteiger partial charge on any atom is -0.398 e. The number of anilines is 1. The summed E-state index contributed by atoms with van der Waals surface area (Å²) in [6.07, 6.45) is 1.61. The van der Waals surface area contributed by atoms with E-state index >= 15 is 0 Å². The van der Waals surface area contributed by atoms with Crippen molar-refractivity contribution >= 4 is 39.9 Å². The smallest absolute Gasteiger partial charge is 0.156 e. The number of nitrogens with zero attached hydrogens (tertiary/aromatic N) is 1. The molecule has 0 bridgehead atoms. The number of nitrogen functional groups attached to an aromatic ring is 1. The van der Waals surface area contributed by atoms with E-state index in [1.807, 2.05) is 0 Å². The zero-order valence-electron chi connectivity index (χ0n) is 5.36. The summed E-state index contributed by atoms with van der Waals surface area (Å²) in [7, 11) is 0. The molecule has 0 aromatic carbocycles. The van der Waals surface area contributed by atoms with Crippen LogP contribution in [0.15, 0.2) is 12.3 Å². The molecule has 0 aliphatic carbocycles. The van der Waals surface area contributed by atoms with Crippen LogP contribution in [0.25, 0.3) is 0 Å². The van der Waals surface area contributed by atoms with Crippen molar-refractivity contribution < 1.29 is 1.41 Å². The van der Waals surface area contributed by atoms with E-state index in [-0.39, 0.29) is 0 Å². The van der Waals surface area contributed by atoms with E-state index < -0.39 is 0 Å². The van der Waals surface area contributed by atoms with Gasteiger partial charge in [0.05, 0.1) is 3.57 Å². The summed E-state index contributed by atoms with van der Waals surface area (Å²) in [6.45, 7) is 0. The maximum absolute atomic E-state index is 6.84. The molecule has 0 fully saturated rings. The Kier molecular flexibility index (Phi) is 1.72. The van der Waals surface area contributed by atoms with Crippen molar-refractivity contribution in [2.24, 2.45) is 0 Å². The SMILES string of the molecule is [2H]Nc1cc(Cl)ncc1I. The summed E-state index contributed by atoms with van der Waals surface area (Å²) in [6, 6.07) is 1.61. The molecule has 0 saturated carbocycles. The van der Waals surface area contributed by atoms with Crippen LogP contribution in [0, 0.1) is 3.57 Å². The Labute approximate surface area is 73.0 Å². The van der Waals surface area contributed by atoms with Crippen LogP contribution >= 0.6 is 34.2 Å². The standard InChI is InChI=1S/C5H4ClIN2/c6-5-1-4(8)3(7)2-9-5/h1-2H,(H2,8,9)/i/hD. The molecule has 1 aromatic heterocycles. The number of aromatic nitrogens is 1. The van der Waals surface area contributed by atoms with Crippen molar-refractivity contribution in [1.82, 2.24) is 4.98 Å². The lowest BCUT2D eigenvalue weighted by Gasteiger charge is -1.94. The lowest BCUT2D eigenvalue weighted by atomic mass is 10.4. The maximum atomic E-state index is 6.84. The van der Waals surface area contributed by atoms with Gasteiger partial charge in [-0.25, -0.2) is 4.98 Å². The lowest BCUT2D eigenvalue weighted by molar-refractivity contribution is 1.31. The van der Waals surface area contributed by atoms with E-state index in [0.717, 1.165) is 3.57 Å². The first-order chi connectivity index (χ1) is 4.74. The summed E-state index contributed by atoms with van der Waals surface area (Å²) in [5.74, 6) is 0. The monoisotopic (exact) mass is 255 g/mol. The average Bonchev–Trinajstić information content (AvgIpc) is 1.94. The fourth-order valence-electron chi connectivity index (χ4n) is 0.413. The van der Waals surface area contributed by atoms with Crippen molar-refractivity contribution in [2.45, 2.75) is 0 Å². The van der Waals surface area contributed by atoms with E-state index in [2.05, 4.69) is 33.3 Å². The summed E-state index contributed by atoms with van der Waals surface area (Å²) in [5.41, 5.74) is 2.94. The molecule has 0 aliphatic rings. The topological polar surface area (TPSA) is 38.9 Å². The molecule has 1 rings (SSSR count). The Morgan fingerprint density at radius 2 is 2.67 bits per heavy atom. The van der Waals surface area contributed by atoms with Gasteiger partial charge in [-0.2, -0.15) is 0 Å². The number of nitrogens with two attached hydrogens (primary N) is 1. The van der Waals surface area contributed by atoms with Crippen LogP contribution in [-0.4, -0.2) is 4.98 Å². The van der Waals surface area contributed by atoms with Gasteiger partial charge in [0.15, 0.2) is 1.41 Å². The first-order valence-electron chi connectivity index (χ1n) is 2.73. The van der Waals surface area contributed by atoms with E-state index in [9.17, 15) is 0 Å². The molecule has 48 valence electrons. The highest BCUT2D eigenvalue weighted by atomic mass is 127. The third-order valence-electron chi connectivity index (χ3n) is 0.822. The molecule has 0 saturated heterocycles. The molecule has 9 heavy (non-hydrogen) atoms. The van der Waals surface area contributed by atoms with Crippen molar-refractivity contribution in [3.8, 4) is 0 Å². The van der Waals surface area contributed by atoms with Gasteiger partial charge in [-0.05, 0) is 28.7 Å². The van der Waals surface area contributed by atoms with Gasteiger partial charge in [-0.3, -0.25) is 0 Å². The van der Waals surface area contributed by atoms with Gasteiger partial charge in [0.1, 0.15) is 5.15 Å². The fourth-order valence-corrected chi connectivity index (χ4v) is 0.866. The molecule has 2 nitrogen and oxygen atoms in total. The highest BCUT2D eigenvalue weighted by Gasteiger charge is 1.94. The molecule has 4 heteroatoms. The first kappa shape index (κ1) is 5.73. The number of halogens is 2. The Balaban J connectivity index is 3.09. The molecule has 0 unspecified atom stereocenters. The second-order valence-corrected chi connectivity index (χ2v) is 3.04. The highest BCUT2D eigenvalue weighted by molar-refractivity contribution is 14.1. The van der Waals surface area contributed by atoms with Gasteiger partial charge in [0.25, 0.3) is 0 Å². The molecular weight excluding hydrogens is 250 g/mol. The molecule has 1 heterocycles. The van der Waals surface area contributed by atoms with Gasteiger partial charge < -0.3 is 5.73 Å². The van der Waals surface area contributed by atoms with Crippen molar-refractivity contribution in [1.29, 1.82) is 0 Å². The van der Waals surface area contributed by atoms with Crippen LogP contribution in [0.2, 0.25) is 6.56 Å².